The van der Waals surface area contributed by atoms with Crippen LogP contribution in [0.1, 0.15) is 31.9 Å². The Morgan fingerprint density at radius 1 is 0.906 bits per heavy atom. The van der Waals surface area contributed by atoms with E-state index in [2.05, 4.69) is 10.2 Å². The van der Waals surface area contributed by atoms with Crippen LogP contribution in [0.25, 0.3) is 11.5 Å². The van der Waals surface area contributed by atoms with Crippen molar-refractivity contribution >= 4 is 11.8 Å². The Kier molecular flexibility index (Phi) is 7.89. The number of thioether (sulfide) groups is 1. The average molecular weight is 468 g/mol. The van der Waals surface area contributed by atoms with Crippen molar-refractivity contribution in [2.24, 2.45) is 0 Å². The largest absolute Gasteiger partial charge is 0.490 e. The lowest BCUT2D eigenvalue weighted by Gasteiger charge is -2.16. The van der Waals surface area contributed by atoms with Gasteiger partial charge in [0.15, 0.2) is 11.5 Å². The molecule has 0 aliphatic heterocycles. The molecule has 0 radical (unpaired) electrons. The van der Waals surface area contributed by atoms with Gasteiger partial charge in [0.2, 0.25) is 11.6 Å². The standard InChI is InChI=1S/C22H23F3N2O4S/c1-4-28-17-11-15(12-18(29-5-2)19(17)30-6-3)20-26-27-21(31-20)32-13-14-8-7-9-16(10-14)22(23,24)25/h7-12H,4-6,13H2,1-3H3. The van der Waals surface area contributed by atoms with Crippen LogP contribution in [0, 0.1) is 0 Å². The minimum Gasteiger partial charge on any atom is -0.490 e. The van der Waals surface area contributed by atoms with Crippen molar-refractivity contribution in [1.82, 2.24) is 10.2 Å². The van der Waals surface area contributed by atoms with Crippen molar-refractivity contribution in [3.05, 3.63) is 47.5 Å². The van der Waals surface area contributed by atoms with E-state index < -0.39 is 11.7 Å². The molecule has 0 atom stereocenters. The van der Waals surface area contributed by atoms with Gasteiger partial charge in [0.1, 0.15) is 0 Å². The molecular weight excluding hydrogens is 445 g/mol. The number of rotatable bonds is 10. The molecule has 0 bridgehead atoms. The van der Waals surface area contributed by atoms with Crippen LogP contribution in [0.2, 0.25) is 0 Å². The third-order valence-electron chi connectivity index (χ3n) is 4.18. The number of hydrogen-bond acceptors (Lipinski definition) is 7. The predicted molar refractivity (Wildman–Crippen MR) is 114 cm³/mol. The summed E-state index contributed by atoms with van der Waals surface area (Å²) in [6, 6.07) is 8.60. The molecule has 1 aromatic heterocycles. The zero-order valence-electron chi connectivity index (χ0n) is 17.9. The molecule has 2 aromatic carbocycles. The molecule has 32 heavy (non-hydrogen) atoms. The molecule has 3 rings (SSSR count). The van der Waals surface area contributed by atoms with E-state index >= 15 is 0 Å². The fraction of sp³-hybridized carbons (Fsp3) is 0.364. The highest BCUT2D eigenvalue weighted by atomic mass is 32.2. The second kappa shape index (κ2) is 10.6. The zero-order chi connectivity index (χ0) is 23.1. The Hall–Kier alpha value is -2.88. The number of alkyl halides is 3. The highest BCUT2D eigenvalue weighted by Gasteiger charge is 2.30. The summed E-state index contributed by atoms with van der Waals surface area (Å²) in [7, 11) is 0. The van der Waals surface area contributed by atoms with Gasteiger partial charge in [0, 0.05) is 11.3 Å². The molecule has 6 nitrogen and oxygen atoms in total. The van der Waals surface area contributed by atoms with Gasteiger partial charge in [-0.1, -0.05) is 30.0 Å². The molecule has 1 heterocycles. The van der Waals surface area contributed by atoms with Crippen LogP contribution in [-0.2, 0) is 11.9 Å². The maximum atomic E-state index is 12.9. The van der Waals surface area contributed by atoms with E-state index in [1.807, 2.05) is 20.8 Å². The number of hydrogen-bond donors (Lipinski definition) is 0. The van der Waals surface area contributed by atoms with Gasteiger partial charge in [-0.05, 0) is 44.5 Å². The molecule has 0 amide bonds. The molecule has 3 aromatic rings. The number of halogens is 3. The van der Waals surface area contributed by atoms with E-state index in [1.165, 1.54) is 6.07 Å². The van der Waals surface area contributed by atoms with Gasteiger partial charge < -0.3 is 18.6 Å². The summed E-state index contributed by atoms with van der Waals surface area (Å²) >= 11 is 1.15. The van der Waals surface area contributed by atoms with Gasteiger partial charge in [0.05, 0.1) is 25.4 Å². The fourth-order valence-electron chi connectivity index (χ4n) is 2.88. The summed E-state index contributed by atoms with van der Waals surface area (Å²) < 4.78 is 61.5. The van der Waals surface area contributed by atoms with E-state index in [0.717, 1.165) is 23.9 Å². The second-order valence-electron chi connectivity index (χ2n) is 6.46. The molecule has 172 valence electrons. The topological polar surface area (TPSA) is 66.6 Å². The van der Waals surface area contributed by atoms with Gasteiger partial charge in [-0.3, -0.25) is 0 Å². The maximum absolute atomic E-state index is 12.9. The summed E-state index contributed by atoms with van der Waals surface area (Å²) in [5.74, 6) is 1.97. The van der Waals surface area contributed by atoms with Crippen LogP contribution in [0.3, 0.4) is 0 Å². The number of nitrogens with zero attached hydrogens (tertiary/aromatic N) is 2. The average Bonchev–Trinajstić information content (AvgIpc) is 3.23. The van der Waals surface area contributed by atoms with Gasteiger partial charge in [0.25, 0.3) is 5.22 Å². The van der Waals surface area contributed by atoms with Crippen LogP contribution in [0.5, 0.6) is 17.2 Å². The van der Waals surface area contributed by atoms with Crippen LogP contribution < -0.4 is 14.2 Å². The molecule has 0 fully saturated rings. The zero-order valence-corrected chi connectivity index (χ0v) is 18.7. The molecule has 0 saturated heterocycles. The van der Waals surface area contributed by atoms with Crippen molar-refractivity contribution in [2.45, 2.75) is 37.9 Å². The van der Waals surface area contributed by atoms with Crippen molar-refractivity contribution < 1.29 is 31.8 Å². The van der Waals surface area contributed by atoms with E-state index in [9.17, 15) is 13.2 Å². The maximum Gasteiger partial charge on any atom is 0.416 e. The Labute approximate surface area is 188 Å². The molecule has 0 N–H and O–H groups in total. The summed E-state index contributed by atoms with van der Waals surface area (Å²) in [5.41, 5.74) is 0.393. The smallest absolute Gasteiger partial charge is 0.416 e. The first-order chi connectivity index (χ1) is 15.4. The molecule has 0 spiro atoms. The summed E-state index contributed by atoms with van der Waals surface area (Å²) in [5, 5.41) is 8.30. The minimum atomic E-state index is -4.39. The van der Waals surface area contributed by atoms with Gasteiger partial charge in [-0.15, -0.1) is 10.2 Å². The van der Waals surface area contributed by atoms with Crippen molar-refractivity contribution in [3.63, 3.8) is 0 Å². The molecule has 0 aliphatic rings. The third kappa shape index (κ3) is 5.87. The lowest BCUT2D eigenvalue weighted by atomic mass is 10.1. The molecule has 0 saturated carbocycles. The molecule has 0 aliphatic carbocycles. The quantitative estimate of drug-likeness (QED) is 0.326. The normalized spacial score (nSPS) is 11.4. The Morgan fingerprint density at radius 2 is 1.56 bits per heavy atom. The second-order valence-corrected chi connectivity index (χ2v) is 7.39. The van der Waals surface area contributed by atoms with Gasteiger partial charge >= 0.3 is 6.18 Å². The van der Waals surface area contributed by atoms with Gasteiger partial charge in [-0.25, -0.2) is 0 Å². The third-order valence-corrected chi connectivity index (χ3v) is 5.07. The molecule has 10 heteroatoms. The van der Waals surface area contributed by atoms with Crippen LogP contribution in [0.4, 0.5) is 13.2 Å². The first-order valence-corrected chi connectivity index (χ1v) is 11.0. The SMILES string of the molecule is CCOc1cc(-c2nnc(SCc3cccc(C(F)(F)F)c3)o2)cc(OCC)c1OCC. The first-order valence-electron chi connectivity index (χ1n) is 10.0. The Morgan fingerprint density at radius 3 is 2.16 bits per heavy atom. The predicted octanol–water partition coefficient (Wildman–Crippen LogP) is 6.24. The summed E-state index contributed by atoms with van der Waals surface area (Å²) in [6.45, 7) is 6.88. The Bertz CT molecular complexity index is 1010. The number of aromatic nitrogens is 2. The highest BCUT2D eigenvalue weighted by Crippen LogP contribution is 2.42. The fourth-order valence-corrected chi connectivity index (χ4v) is 3.59. The number of ether oxygens (including phenoxy) is 3. The van der Waals surface area contributed by atoms with Crippen LogP contribution >= 0.6 is 11.8 Å². The first kappa shape index (κ1) is 23.8. The van der Waals surface area contributed by atoms with Gasteiger partial charge in [-0.2, -0.15) is 13.2 Å². The Balaban J connectivity index is 1.81. The van der Waals surface area contributed by atoms with E-state index in [1.54, 1.807) is 18.2 Å². The van der Waals surface area contributed by atoms with E-state index in [-0.39, 0.29) is 16.9 Å². The van der Waals surface area contributed by atoms with Crippen molar-refractivity contribution in [3.8, 4) is 28.7 Å². The summed E-state index contributed by atoms with van der Waals surface area (Å²) in [4.78, 5) is 0. The lowest BCUT2D eigenvalue weighted by molar-refractivity contribution is -0.137. The van der Waals surface area contributed by atoms with E-state index in [4.69, 9.17) is 18.6 Å². The van der Waals surface area contributed by atoms with E-state index in [0.29, 0.717) is 48.2 Å². The van der Waals surface area contributed by atoms with Crippen LogP contribution in [0.15, 0.2) is 46.0 Å². The molecular formula is C22H23F3N2O4S. The summed E-state index contributed by atoms with van der Waals surface area (Å²) in [6.07, 6.45) is -4.39. The minimum absolute atomic E-state index is 0.237. The van der Waals surface area contributed by atoms with Crippen molar-refractivity contribution in [1.29, 1.82) is 0 Å². The number of benzene rings is 2. The van der Waals surface area contributed by atoms with Crippen molar-refractivity contribution in [2.75, 3.05) is 19.8 Å². The van der Waals surface area contributed by atoms with Crippen LogP contribution in [-0.4, -0.2) is 30.0 Å². The monoisotopic (exact) mass is 468 g/mol. The molecule has 0 unspecified atom stereocenters. The lowest BCUT2D eigenvalue weighted by Crippen LogP contribution is -2.04. The highest BCUT2D eigenvalue weighted by molar-refractivity contribution is 7.98.